The van der Waals surface area contributed by atoms with Crippen molar-refractivity contribution in [1.29, 1.82) is 0 Å². The van der Waals surface area contributed by atoms with E-state index < -0.39 is 23.9 Å². The van der Waals surface area contributed by atoms with Crippen molar-refractivity contribution in [3.63, 3.8) is 0 Å². The van der Waals surface area contributed by atoms with E-state index in [-0.39, 0.29) is 5.56 Å². The van der Waals surface area contributed by atoms with Crippen molar-refractivity contribution in [2.75, 3.05) is 0 Å². The lowest BCUT2D eigenvalue weighted by Crippen LogP contribution is -2.17. The van der Waals surface area contributed by atoms with Gasteiger partial charge >= 0.3 is 12.5 Å². The Morgan fingerprint density at radius 2 is 1.50 bits per heavy atom. The van der Waals surface area contributed by atoms with Crippen LogP contribution in [0.15, 0.2) is 29.3 Å². The fourth-order valence-electron chi connectivity index (χ4n) is 1.12. The Kier molecular flexibility index (Phi) is 4.31. The summed E-state index contributed by atoms with van der Waals surface area (Å²) in [5, 5.41) is 0. The largest absolute Gasteiger partial charge is 0.573 e. The van der Waals surface area contributed by atoms with Gasteiger partial charge in [-0.2, -0.15) is 13.2 Å². The molecule has 0 aliphatic carbocycles. The normalized spacial score (nSPS) is 13.6. The lowest BCUT2D eigenvalue weighted by Gasteiger charge is -2.12. The van der Waals surface area contributed by atoms with Crippen molar-refractivity contribution in [2.24, 2.45) is 0 Å². The lowest BCUT2D eigenvalue weighted by atomic mass is 10.1. The zero-order chi connectivity index (χ0) is 14.0. The molecule has 100 valence electrons. The summed E-state index contributed by atoms with van der Waals surface area (Å²) in [5.74, 6) is -0.581. The van der Waals surface area contributed by atoms with Gasteiger partial charge in [-0.15, -0.1) is 13.2 Å². The van der Waals surface area contributed by atoms with E-state index in [0.29, 0.717) is 4.99 Å². The highest BCUT2D eigenvalue weighted by Crippen LogP contribution is 2.35. The number of rotatable bonds is 2. The van der Waals surface area contributed by atoms with Crippen LogP contribution >= 0.6 is 15.9 Å². The SMILES string of the molecule is FC(F)(F)Oc1ccc(/C(=C/Br)C(F)(F)F)cc1. The molecule has 0 heterocycles. The van der Waals surface area contributed by atoms with Crippen LogP contribution < -0.4 is 4.74 Å². The summed E-state index contributed by atoms with van der Waals surface area (Å²) in [4.78, 5) is 0.659. The zero-order valence-corrected chi connectivity index (χ0v) is 10.0. The quantitative estimate of drug-likeness (QED) is 0.700. The first-order valence-corrected chi connectivity index (χ1v) is 5.29. The van der Waals surface area contributed by atoms with Crippen LogP contribution in [0.1, 0.15) is 5.56 Å². The highest BCUT2D eigenvalue weighted by atomic mass is 79.9. The molecule has 0 radical (unpaired) electrons. The van der Waals surface area contributed by atoms with E-state index >= 15 is 0 Å². The maximum Gasteiger partial charge on any atom is 0.573 e. The van der Waals surface area contributed by atoms with Crippen molar-refractivity contribution in [2.45, 2.75) is 12.5 Å². The van der Waals surface area contributed by atoms with Crippen molar-refractivity contribution in [3.8, 4) is 5.75 Å². The Morgan fingerprint density at radius 1 is 1.00 bits per heavy atom. The molecule has 0 amide bonds. The molecule has 0 aliphatic heterocycles. The van der Waals surface area contributed by atoms with E-state index in [2.05, 4.69) is 20.7 Å². The fourth-order valence-corrected chi connectivity index (χ4v) is 1.65. The highest BCUT2D eigenvalue weighted by molar-refractivity contribution is 9.11. The number of benzene rings is 1. The van der Waals surface area contributed by atoms with E-state index in [1.165, 1.54) is 0 Å². The minimum Gasteiger partial charge on any atom is -0.406 e. The summed E-state index contributed by atoms with van der Waals surface area (Å²) in [7, 11) is 0. The number of ether oxygens (including phenoxy) is 1. The number of halogens is 7. The molecule has 0 spiro atoms. The standard InChI is InChI=1S/C10H5BrF6O/c11-5-8(9(12,13)14)6-1-3-7(4-2-6)18-10(15,16)17/h1-5H/b8-5-. The second-order valence-electron chi connectivity index (χ2n) is 3.09. The topological polar surface area (TPSA) is 9.23 Å². The molecule has 0 saturated carbocycles. The van der Waals surface area contributed by atoms with E-state index in [4.69, 9.17) is 0 Å². The van der Waals surface area contributed by atoms with E-state index in [1.54, 1.807) is 0 Å². The molecule has 18 heavy (non-hydrogen) atoms. The minimum atomic E-state index is -4.88. The molecular formula is C10H5BrF6O. The van der Waals surface area contributed by atoms with Gasteiger partial charge in [0.1, 0.15) is 5.75 Å². The molecule has 0 unspecified atom stereocenters. The zero-order valence-electron chi connectivity index (χ0n) is 8.44. The third-order valence-electron chi connectivity index (χ3n) is 1.81. The van der Waals surface area contributed by atoms with Crippen LogP contribution in [-0.4, -0.2) is 12.5 Å². The first kappa shape index (κ1) is 14.9. The molecule has 0 aromatic heterocycles. The third kappa shape index (κ3) is 4.25. The molecule has 8 heteroatoms. The van der Waals surface area contributed by atoms with Crippen LogP contribution in [0, 0.1) is 0 Å². The average molecular weight is 335 g/mol. The Morgan fingerprint density at radius 3 is 1.83 bits per heavy atom. The maximum atomic E-state index is 12.5. The number of allylic oxidation sites excluding steroid dienone is 1. The van der Waals surface area contributed by atoms with E-state index in [9.17, 15) is 26.3 Å². The van der Waals surface area contributed by atoms with Gasteiger partial charge in [0.05, 0.1) is 5.57 Å². The molecule has 0 bridgehead atoms. The summed E-state index contributed by atoms with van der Waals surface area (Å²) in [6.45, 7) is 0. The van der Waals surface area contributed by atoms with Gasteiger partial charge in [0.2, 0.25) is 0 Å². The monoisotopic (exact) mass is 334 g/mol. The summed E-state index contributed by atoms with van der Waals surface area (Å²) < 4.78 is 76.5. The molecule has 1 rings (SSSR count). The summed E-state index contributed by atoms with van der Waals surface area (Å²) in [5.41, 5.74) is -1.27. The smallest absolute Gasteiger partial charge is 0.406 e. The number of hydrogen-bond acceptors (Lipinski definition) is 1. The predicted octanol–water partition coefficient (Wildman–Crippen LogP) is 4.88. The molecule has 0 aliphatic rings. The van der Waals surface area contributed by atoms with Gasteiger partial charge in [0, 0.05) is 0 Å². The molecular weight excluding hydrogens is 330 g/mol. The van der Waals surface area contributed by atoms with Gasteiger partial charge in [-0.1, -0.05) is 28.1 Å². The summed E-state index contributed by atoms with van der Waals surface area (Å²) >= 11 is 2.56. The average Bonchev–Trinajstić information content (AvgIpc) is 2.17. The lowest BCUT2D eigenvalue weighted by molar-refractivity contribution is -0.274. The van der Waals surface area contributed by atoms with Gasteiger partial charge in [-0.3, -0.25) is 0 Å². The third-order valence-corrected chi connectivity index (χ3v) is 2.27. The van der Waals surface area contributed by atoms with E-state index in [1.807, 2.05) is 0 Å². The molecule has 1 aromatic rings. The molecule has 1 nitrogen and oxygen atoms in total. The molecule has 0 saturated heterocycles. The number of alkyl halides is 6. The summed E-state index contributed by atoms with van der Waals surface area (Å²) in [6, 6.07) is 3.40. The number of hydrogen-bond donors (Lipinski definition) is 0. The van der Waals surface area contributed by atoms with Crippen molar-refractivity contribution < 1.29 is 31.1 Å². The van der Waals surface area contributed by atoms with Crippen LogP contribution in [0.2, 0.25) is 0 Å². The Balaban J connectivity index is 2.96. The van der Waals surface area contributed by atoms with E-state index in [0.717, 1.165) is 24.3 Å². The molecule has 1 aromatic carbocycles. The Labute approximate surface area is 106 Å². The Hall–Kier alpha value is -1.18. The van der Waals surface area contributed by atoms with Crippen LogP contribution in [0.5, 0.6) is 5.75 Å². The Bertz CT molecular complexity index is 431. The van der Waals surface area contributed by atoms with Crippen LogP contribution in [-0.2, 0) is 0 Å². The molecule has 0 atom stereocenters. The fraction of sp³-hybridized carbons (Fsp3) is 0.200. The first-order chi connectivity index (χ1) is 8.13. The first-order valence-electron chi connectivity index (χ1n) is 4.37. The minimum absolute atomic E-state index is 0.270. The van der Waals surface area contributed by atoms with Crippen molar-refractivity contribution in [3.05, 3.63) is 34.8 Å². The van der Waals surface area contributed by atoms with Gasteiger partial charge in [-0.05, 0) is 22.7 Å². The highest BCUT2D eigenvalue weighted by Gasteiger charge is 2.35. The van der Waals surface area contributed by atoms with Crippen molar-refractivity contribution >= 4 is 21.5 Å². The molecule has 0 N–H and O–H groups in total. The van der Waals surface area contributed by atoms with Gasteiger partial charge < -0.3 is 4.74 Å². The van der Waals surface area contributed by atoms with Crippen molar-refractivity contribution in [1.82, 2.24) is 0 Å². The van der Waals surface area contributed by atoms with Crippen LogP contribution in [0.4, 0.5) is 26.3 Å². The second-order valence-corrected chi connectivity index (χ2v) is 3.55. The van der Waals surface area contributed by atoms with Gasteiger partial charge in [0.25, 0.3) is 0 Å². The van der Waals surface area contributed by atoms with Crippen LogP contribution in [0.25, 0.3) is 5.57 Å². The van der Waals surface area contributed by atoms with Crippen LogP contribution in [0.3, 0.4) is 0 Å². The second kappa shape index (κ2) is 5.21. The predicted molar refractivity (Wildman–Crippen MR) is 56.1 cm³/mol. The summed E-state index contributed by atoms with van der Waals surface area (Å²) in [6.07, 6.45) is -9.48. The van der Waals surface area contributed by atoms with Gasteiger partial charge in [0.15, 0.2) is 0 Å². The maximum absolute atomic E-state index is 12.5. The molecule has 0 fully saturated rings. The van der Waals surface area contributed by atoms with Gasteiger partial charge in [-0.25, -0.2) is 0 Å².